The van der Waals surface area contributed by atoms with Crippen LogP contribution in [0.5, 0.6) is 0 Å². The Balaban J connectivity index is 1.50. The van der Waals surface area contributed by atoms with Crippen molar-refractivity contribution in [2.75, 3.05) is 11.4 Å². The average molecular weight is 550 g/mol. The van der Waals surface area contributed by atoms with E-state index in [9.17, 15) is 17.6 Å². The maximum absolute atomic E-state index is 14.6. The molecule has 2 aliphatic carbocycles. The number of amides is 1. The van der Waals surface area contributed by atoms with E-state index in [1.54, 1.807) is 37.8 Å². The van der Waals surface area contributed by atoms with Gasteiger partial charge in [0.05, 0.1) is 15.1 Å². The van der Waals surface area contributed by atoms with E-state index < -0.39 is 21.4 Å². The van der Waals surface area contributed by atoms with Crippen molar-refractivity contribution in [2.45, 2.75) is 75.1 Å². The molecule has 2 aromatic carbocycles. The van der Waals surface area contributed by atoms with Crippen molar-refractivity contribution < 1.29 is 17.6 Å². The van der Waals surface area contributed by atoms with Crippen LogP contribution in [0.3, 0.4) is 0 Å². The molecule has 1 N–H and O–H groups in total. The fourth-order valence-electron chi connectivity index (χ4n) is 5.62. The molecule has 0 bridgehead atoms. The summed E-state index contributed by atoms with van der Waals surface area (Å²) in [5, 5.41) is 0. The van der Waals surface area contributed by atoms with Crippen molar-refractivity contribution in [1.29, 1.82) is 0 Å². The SMILES string of the molecule is CC(C)(C)NS(=O)(=O)c1cccc(C(=O)N2CC3(CCC4(CC4)CC3)c3cc(Br)c(F)cc32)c1. The van der Waals surface area contributed by atoms with Gasteiger partial charge in [0.1, 0.15) is 5.82 Å². The molecule has 0 unspecified atom stereocenters. The van der Waals surface area contributed by atoms with Gasteiger partial charge in [-0.05, 0) is 117 Å². The largest absolute Gasteiger partial charge is 0.307 e. The molecule has 0 saturated heterocycles. The van der Waals surface area contributed by atoms with Crippen molar-refractivity contribution in [3.63, 3.8) is 0 Å². The first-order valence-corrected chi connectivity index (χ1v) is 14.1. The lowest BCUT2D eigenvalue weighted by atomic mass is 9.66. The Morgan fingerprint density at radius 2 is 1.71 bits per heavy atom. The third-order valence-electron chi connectivity index (χ3n) is 7.66. The molecule has 182 valence electrons. The van der Waals surface area contributed by atoms with Gasteiger partial charge in [0, 0.05) is 23.1 Å². The number of benzene rings is 2. The molecule has 34 heavy (non-hydrogen) atoms. The smallest absolute Gasteiger partial charge is 0.258 e. The third kappa shape index (κ3) is 4.22. The van der Waals surface area contributed by atoms with Gasteiger partial charge in [-0.15, -0.1) is 0 Å². The van der Waals surface area contributed by atoms with Crippen LogP contribution in [0.2, 0.25) is 0 Å². The number of fused-ring (bicyclic) bond motifs is 2. The minimum atomic E-state index is -3.79. The van der Waals surface area contributed by atoms with E-state index in [2.05, 4.69) is 20.7 Å². The molecular formula is C26H30BrFN2O3S. The molecule has 5 rings (SSSR count). The lowest BCUT2D eigenvalue weighted by Crippen LogP contribution is -2.41. The van der Waals surface area contributed by atoms with E-state index in [4.69, 9.17) is 0 Å². The van der Waals surface area contributed by atoms with Gasteiger partial charge in [-0.25, -0.2) is 17.5 Å². The van der Waals surface area contributed by atoms with Crippen molar-refractivity contribution in [3.8, 4) is 0 Å². The van der Waals surface area contributed by atoms with Crippen LogP contribution in [0, 0.1) is 11.2 Å². The zero-order valence-electron chi connectivity index (χ0n) is 19.7. The molecule has 1 amide bonds. The van der Waals surface area contributed by atoms with E-state index in [0.29, 0.717) is 22.1 Å². The van der Waals surface area contributed by atoms with Gasteiger partial charge >= 0.3 is 0 Å². The molecule has 1 aliphatic heterocycles. The number of nitrogens with one attached hydrogen (secondary N) is 1. The number of anilines is 1. The van der Waals surface area contributed by atoms with Crippen molar-refractivity contribution in [1.82, 2.24) is 4.72 Å². The number of carbonyl (C=O) groups excluding carboxylic acids is 1. The zero-order valence-corrected chi connectivity index (χ0v) is 22.2. The summed E-state index contributed by atoms with van der Waals surface area (Å²) < 4.78 is 43.3. The van der Waals surface area contributed by atoms with Crippen LogP contribution >= 0.6 is 15.9 Å². The highest BCUT2D eigenvalue weighted by atomic mass is 79.9. The molecule has 2 saturated carbocycles. The second-order valence-electron chi connectivity index (χ2n) is 11.3. The quantitative estimate of drug-likeness (QED) is 0.517. The van der Waals surface area contributed by atoms with Gasteiger partial charge in [-0.2, -0.15) is 0 Å². The standard InChI is InChI=1S/C26H30BrFN2O3S/c1-24(2,3)29-34(32,33)18-6-4-5-17(13-18)23(31)30-16-26(11-9-25(7-8-25)10-12-26)19-14-20(27)21(28)15-22(19)30/h4-6,13-15,29H,7-12,16H2,1-3H3. The fraction of sp³-hybridized carbons (Fsp3) is 0.500. The first kappa shape index (κ1) is 23.9. The van der Waals surface area contributed by atoms with Crippen LogP contribution in [0.4, 0.5) is 10.1 Å². The molecule has 0 atom stereocenters. The molecule has 5 nitrogen and oxygen atoms in total. The maximum atomic E-state index is 14.6. The average Bonchev–Trinajstić information content (AvgIpc) is 3.46. The molecule has 0 radical (unpaired) electrons. The van der Waals surface area contributed by atoms with Gasteiger partial charge in [0.25, 0.3) is 5.91 Å². The zero-order chi connectivity index (χ0) is 24.5. The Bertz CT molecular complexity index is 1270. The predicted octanol–water partition coefficient (Wildman–Crippen LogP) is 5.92. The van der Waals surface area contributed by atoms with Gasteiger partial charge < -0.3 is 4.90 Å². The number of sulfonamides is 1. The fourth-order valence-corrected chi connectivity index (χ4v) is 7.42. The van der Waals surface area contributed by atoms with Crippen LogP contribution in [0.15, 0.2) is 45.8 Å². The van der Waals surface area contributed by atoms with E-state index in [-0.39, 0.29) is 21.8 Å². The van der Waals surface area contributed by atoms with E-state index >= 15 is 0 Å². The Morgan fingerprint density at radius 3 is 2.32 bits per heavy atom. The van der Waals surface area contributed by atoms with Crippen LogP contribution in [0.1, 0.15) is 75.2 Å². The first-order valence-electron chi connectivity index (χ1n) is 11.8. The highest BCUT2D eigenvalue weighted by Crippen LogP contribution is 2.62. The maximum Gasteiger partial charge on any atom is 0.258 e. The number of nitrogens with zero attached hydrogens (tertiary/aromatic N) is 1. The first-order chi connectivity index (χ1) is 15.8. The van der Waals surface area contributed by atoms with Crippen molar-refractivity contribution >= 4 is 37.5 Å². The number of halogens is 2. The third-order valence-corrected chi connectivity index (χ3v) is 10.0. The lowest BCUT2D eigenvalue weighted by molar-refractivity contribution is 0.0980. The number of hydrogen-bond donors (Lipinski definition) is 1. The normalized spacial score (nSPS) is 20.6. The monoisotopic (exact) mass is 548 g/mol. The van der Waals surface area contributed by atoms with Crippen LogP contribution < -0.4 is 9.62 Å². The molecule has 2 fully saturated rings. The van der Waals surface area contributed by atoms with E-state index in [1.165, 1.54) is 31.0 Å². The lowest BCUT2D eigenvalue weighted by Gasteiger charge is -2.38. The summed E-state index contributed by atoms with van der Waals surface area (Å²) in [5.74, 6) is -0.715. The van der Waals surface area contributed by atoms with Gasteiger partial charge in [0.15, 0.2) is 0 Å². The minimum Gasteiger partial charge on any atom is -0.307 e. The van der Waals surface area contributed by atoms with Gasteiger partial charge in [0.2, 0.25) is 10.0 Å². The van der Waals surface area contributed by atoms with Crippen LogP contribution in [-0.4, -0.2) is 26.4 Å². The second-order valence-corrected chi connectivity index (χ2v) is 13.9. The molecule has 8 heteroatoms. The summed E-state index contributed by atoms with van der Waals surface area (Å²) in [5.41, 5.74) is 1.54. The minimum absolute atomic E-state index is 0.0396. The predicted molar refractivity (Wildman–Crippen MR) is 134 cm³/mol. The van der Waals surface area contributed by atoms with E-state index in [0.717, 1.165) is 31.2 Å². The summed E-state index contributed by atoms with van der Waals surface area (Å²) in [4.78, 5) is 15.4. The summed E-state index contributed by atoms with van der Waals surface area (Å²) in [6.45, 7) is 5.79. The van der Waals surface area contributed by atoms with Crippen molar-refractivity contribution in [2.24, 2.45) is 5.41 Å². The molecule has 3 aliphatic rings. The molecule has 1 heterocycles. The van der Waals surface area contributed by atoms with Crippen LogP contribution in [0.25, 0.3) is 0 Å². The Labute approximate surface area is 209 Å². The summed E-state index contributed by atoms with van der Waals surface area (Å²) in [6.07, 6.45) is 6.80. The molecular weight excluding hydrogens is 519 g/mol. The summed E-state index contributed by atoms with van der Waals surface area (Å²) in [7, 11) is -3.79. The summed E-state index contributed by atoms with van der Waals surface area (Å²) >= 11 is 3.34. The highest BCUT2D eigenvalue weighted by molar-refractivity contribution is 9.10. The topological polar surface area (TPSA) is 66.5 Å². The Morgan fingerprint density at radius 1 is 1.06 bits per heavy atom. The summed E-state index contributed by atoms with van der Waals surface area (Å²) in [6, 6.07) is 9.38. The Kier molecular flexibility index (Phi) is 5.54. The molecule has 0 aromatic heterocycles. The van der Waals surface area contributed by atoms with Crippen molar-refractivity contribution in [3.05, 3.63) is 57.8 Å². The van der Waals surface area contributed by atoms with Gasteiger partial charge in [-0.1, -0.05) is 6.07 Å². The number of carbonyl (C=O) groups is 1. The number of rotatable bonds is 3. The van der Waals surface area contributed by atoms with E-state index in [1.807, 2.05) is 6.07 Å². The van der Waals surface area contributed by atoms with Crippen LogP contribution in [-0.2, 0) is 15.4 Å². The second kappa shape index (κ2) is 7.87. The molecule has 2 aromatic rings. The Hall–Kier alpha value is -1.77. The highest BCUT2D eigenvalue weighted by Gasteiger charge is 2.53. The number of hydrogen-bond acceptors (Lipinski definition) is 3. The van der Waals surface area contributed by atoms with Gasteiger partial charge in [-0.3, -0.25) is 4.79 Å². The molecule has 2 spiro atoms.